The Labute approximate surface area is 239 Å². The largest absolute Gasteiger partial charge is 0.490 e. The fraction of sp³-hybridized carbons (Fsp3) is 0.433. The van der Waals surface area contributed by atoms with E-state index in [4.69, 9.17) is 14.2 Å². The number of ether oxygens (including phenoxy) is 3. The molecule has 3 aromatic rings. The number of nitrogens with one attached hydrogen (secondary N) is 1. The second kappa shape index (κ2) is 13.3. The van der Waals surface area contributed by atoms with Gasteiger partial charge in [-0.2, -0.15) is 15.0 Å². The van der Waals surface area contributed by atoms with E-state index in [1.807, 2.05) is 44.2 Å². The van der Waals surface area contributed by atoms with E-state index in [-0.39, 0.29) is 37.0 Å². The highest BCUT2D eigenvalue weighted by molar-refractivity contribution is 5.97. The van der Waals surface area contributed by atoms with Gasteiger partial charge >= 0.3 is 12.0 Å². The molecule has 4 rings (SSSR count). The highest BCUT2D eigenvalue weighted by Crippen LogP contribution is 2.26. The highest BCUT2D eigenvalue weighted by atomic mass is 16.5. The van der Waals surface area contributed by atoms with Gasteiger partial charge in [-0.3, -0.25) is 4.79 Å². The number of carbonyl (C=O) groups is 2. The summed E-state index contributed by atoms with van der Waals surface area (Å²) in [5, 5.41) is 12.4. The molecule has 2 N–H and O–H groups in total. The summed E-state index contributed by atoms with van der Waals surface area (Å²) in [5.74, 6) is 1.04. The number of benzene rings is 2. The quantitative estimate of drug-likeness (QED) is 0.225. The van der Waals surface area contributed by atoms with E-state index in [0.717, 1.165) is 5.56 Å². The van der Waals surface area contributed by atoms with Crippen molar-refractivity contribution in [1.82, 2.24) is 15.0 Å². The molecular weight excluding hydrogens is 526 g/mol. The van der Waals surface area contributed by atoms with Crippen LogP contribution in [0, 0.1) is 5.92 Å². The smallest absolute Gasteiger partial charge is 0.347 e. The topological polar surface area (TPSA) is 136 Å². The summed E-state index contributed by atoms with van der Waals surface area (Å²) in [6.45, 7) is 8.71. The highest BCUT2D eigenvalue weighted by Gasteiger charge is 2.29. The lowest BCUT2D eigenvalue weighted by molar-refractivity contribution is -0.152. The fourth-order valence-electron chi connectivity index (χ4n) is 4.29. The average Bonchev–Trinajstić information content (AvgIpc) is 2.95. The van der Waals surface area contributed by atoms with Crippen LogP contribution in [0.5, 0.6) is 17.5 Å². The first-order chi connectivity index (χ1) is 19.6. The SMILES string of the molecule is CC(C)Nc1nc(OCCOc2ccc(OC(C)(C)C(=O)O)cc2)nc(N2CCC(C(=O)c3ccccc3)CC2)n1. The van der Waals surface area contributed by atoms with Gasteiger partial charge in [0.1, 0.15) is 24.7 Å². The molecule has 11 heteroatoms. The Bertz CT molecular complexity index is 1310. The lowest BCUT2D eigenvalue weighted by Gasteiger charge is -2.31. The summed E-state index contributed by atoms with van der Waals surface area (Å²) < 4.78 is 17.1. The summed E-state index contributed by atoms with van der Waals surface area (Å²) in [5.41, 5.74) is -0.586. The van der Waals surface area contributed by atoms with E-state index in [2.05, 4.69) is 25.2 Å². The van der Waals surface area contributed by atoms with Gasteiger partial charge < -0.3 is 29.5 Å². The van der Waals surface area contributed by atoms with Crippen LogP contribution in [-0.4, -0.2) is 69.8 Å². The number of carbonyl (C=O) groups excluding carboxylic acids is 1. The van der Waals surface area contributed by atoms with E-state index in [9.17, 15) is 14.7 Å². The van der Waals surface area contributed by atoms with Crippen LogP contribution in [-0.2, 0) is 4.79 Å². The molecule has 2 heterocycles. The van der Waals surface area contributed by atoms with Crippen molar-refractivity contribution in [3.63, 3.8) is 0 Å². The zero-order valence-electron chi connectivity index (χ0n) is 23.9. The fourth-order valence-corrected chi connectivity index (χ4v) is 4.29. The van der Waals surface area contributed by atoms with Crippen molar-refractivity contribution in [3.05, 3.63) is 60.2 Å². The molecule has 1 aromatic heterocycles. The molecule has 1 aliphatic rings. The summed E-state index contributed by atoms with van der Waals surface area (Å²) in [4.78, 5) is 39.7. The predicted molar refractivity (Wildman–Crippen MR) is 154 cm³/mol. The maximum atomic E-state index is 12.9. The second-order valence-electron chi connectivity index (χ2n) is 10.6. The first-order valence-electron chi connectivity index (χ1n) is 13.8. The Morgan fingerprint density at radius 2 is 1.59 bits per heavy atom. The predicted octanol–water partition coefficient (Wildman–Crippen LogP) is 4.49. The van der Waals surface area contributed by atoms with Gasteiger partial charge in [0.15, 0.2) is 11.4 Å². The summed E-state index contributed by atoms with van der Waals surface area (Å²) in [6, 6.07) is 16.4. The minimum Gasteiger partial charge on any atom is -0.490 e. The number of aromatic nitrogens is 3. The number of ketones is 1. The summed E-state index contributed by atoms with van der Waals surface area (Å²) in [6.07, 6.45) is 1.43. The molecule has 11 nitrogen and oxygen atoms in total. The number of aliphatic carboxylic acids is 1. The molecule has 0 atom stereocenters. The first kappa shape index (κ1) is 29.6. The molecule has 0 amide bonds. The van der Waals surface area contributed by atoms with Gasteiger partial charge in [0.2, 0.25) is 11.9 Å². The number of nitrogens with zero attached hydrogens (tertiary/aromatic N) is 4. The van der Waals surface area contributed by atoms with Crippen molar-refractivity contribution in [1.29, 1.82) is 0 Å². The van der Waals surface area contributed by atoms with Gasteiger partial charge in [-0.05, 0) is 64.8 Å². The number of rotatable bonds is 13. The molecule has 41 heavy (non-hydrogen) atoms. The zero-order valence-corrected chi connectivity index (χ0v) is 23.9. The van der Waals surface area contributed by atoms with Crippen molar-refractivity contribution < 1.29 is 28.9 Å². The van der Waals surface area contributed by atoms with Gasteiger partial charge in [0.25, 0.3) is 0 Å². The first-order valence-corrected chi connectivity index (χ1v) is 13.8. The number of hydrogen-bond donors (Lipinski definition) is 2. The monoisotopic (exact) mass is 563 g/mol. The van der Waals surface area contributed by atoms with Crippen molar-refractivity contribution in [3.8, 4) is 17.5 Å². The maximum absolute atomic E-state index is 12.9. The van der Waals surface area contributed by atoms with Crippen molar-refractivity contribution in [2.75, 3.05) is 36.5 Å². The molecule has 0 spiro atoms. The molecule has 0 bridgehead atoms. The molecule has 0 radical (unpaired) electrons. The Morgan fingerprint density at radius 3 is 2.22 bits per heavy atom. The molecule has 0 aliphatic carbocycles. The molecule has 0 unspecified atom stereocenters. The number of Topliss-reactive ketones (excluding diaryl/α,β-unsaturated/α-hetero) is 1. The van der Waals surface area contributed by atoms with Crippen LogP contribution in [0.25, 0.3) is 0 Å². The van der Waals surface area contributed by atoms with Crippen LogP contribution in [0.1, 0.15) is 50.9 Å². The molecular formula is C30H37N5O6. The van der Waals surface area contributed by atoms with E-state index in [1.54, 1.807) is 24.3 Å². The Morgan fingerprint density at radius 1 is 0.951 bits per heavy atom. The van der Waals surface area contributed by atoms with Crippen LogP contribution in [0.3, 0.4) is 0 Å². The van der Waals surface area contributed by atoms with Crippen LogP contribution in [0.4, 0.5) is 11.9 Å². The molecule has 1 saturated heterocycles. The number of piperidine rings is 1. The normalized spacial score (nSPS) is 14.0. The van der Waals surface area contributed by atoms with Crippen LogP contribution in [0.15, 0.2) is 54.6 Å². The Hall–Kier alpha value is -4.41. The van der Waals surface area contributed by atoms with Crippen LogP contribution in [0.2, 0.25) is 0 Å². The molecule has 1 aliphatic heterocycles. The van der Waals surface area contributed by atoms with Crippen LogP contribution < -0.4 is 24.4 Å². The van der Waals surface area contributed by atoms with Gasteiger partial charge in [-0.25, -0.2) is 4.79 Å². The van der Waals surface area contributed by atoms with E-state index >= 15 is 0 Å². The third-order valence-corrected chi connectivity index (χ3v) is 6.52. The lowest BCUT2D eigenvalue weighted by atomic mass is 9.89. The van der Waals surface area contributed by atoms with E-state index in [0.29, 0.717) is 49.3 Å². The third kappa shape index (κ3) is 8.29. The molecule has 0 saturated carbocycles. The zero-order chi connectivity index (χ0) is 29.4. The Balaban J connectivity index is 1.32. The maximum Gasteiger partial charge on any atom is 0.347 e. The number of carboxylic acids is 1. The number of hydrogen-bond acceptors (Lipinski definition) is 10. The standard InChI is InChI=1S/C30H37N5O6/c1-20(2)31-27-32-28(35-16-14-22(15-17-35)25(36)21-8-6-5-7-9-21)34-29(33-27)40-19-18-39-23-10-12-24(13-11-23)41-30(3,4)26(37)38/h5-13,20,22H,14-19H2,1-4H3,(H,37,38)(H,31,32,33,34). The number of anilines is 2. The lowest BCUT2D eigenvalue weighted by Crippen LogP contribution is -2.37. The van der Waals surface area contributed by atoms with Crippen molar-refractivity contribution >= 4 is 23.6 Å². The van der Waals surface area contributed by atoms with Gasteiger partial charge in [-0.15, -0.1) is 0 Å². The van der Waals surface area contributed by atoms with E-state index < -0.39 is 11.6 Å². The van der Waals surface area contributed by atoms with Gasteiger partial charge in [0, 0.05) is 30.6 Å². The van der Waals surface area contributed by atoms with Crippen LogP contribution >= 0.6 is 0 Å². The second-order valence-corrected chi connectivity index (χ2v) is 10.6. The van der Waals surface area contributed by atoms with Gasteiger partial charge in [0.05, 0.1) is 0 Å². The van der Waals surface area contributed by atoms with Crippen molar-refractivity contribution in [2.45, 2.75) is 52.2 Å². The minimum atomic E-state index is -1.33. The van der Waals surface area contributed by atoms with Crippen molar-refractivity contribution in [2.24, 2.45) is 5.92 Å². The summed E-state index contributed by atoms with van der Waals surface area (Å²) >= 11 is 0. The van der Waals surface area contributed by atoms with E-state index in [1.165, 1.54) is 13.8 Å². The number of carboxylic acid groups (broad SMARTS) is 1. The average molecular weight is 564 g/mol. The minimum absolute atomic E-state index is 0.0269. The van der Waals surface area contributed by atoms with Gasteiger partial charge in [-0.1, -0.05) is 30.3 Å². The molecule has 218 valence electrons. The molecule has 2 aromatic carbocycles. The summed E-state index contributed by atoms with van der Waals surface area (Å²) in [7, 11) is 0. The molecule has 1 fully saturated rings. The third-order valence-electron chi connectivity index (χ3n) is 6.52. The Kier molecular flexibility index (Phi) is 9.59.